The molecule has 132 valence electrons. The van der Waals surface area contributed by atoms with Gasteiger partial charge >= 0.3 is 0 Å². The topological polar surface area (TPSA) is 53.4 Å². The van der Waals surface area contributed by atoms with E-state index < -0.39 is 0 Å². The van der Waals surface area contributed by atoms with Crippen molar-refractivity contribution >= 4 is 0 Å². The van der Waals surface area contributed by atoms with Gasteiger partial charge < -0.3 is 9.47 Å². The largest absolute Gasteiger partial charge is 0.490 e. The van der Waals surface area contributed by atoms with Gasteiger partial charge in [-0.25, -0.2) is 4.39 Å². The Hall–Kier alpha value is -3.15. The minimum atomic E-state index is -0.315. The number of fused-ring (bicyclic) bond motifs is 1. The van der Waals surface area contributed by atoms with Gasteiger partial charge in [0.2, 0.25) is 0 Å². The van der Waals surface area contributed by atoms with Crippen molar-refractivity contribution in [1.82, 2.24) is 9.55 Å². The molecule has 0 radical (unpaired) electrons. The zero-order chi connectivity index (χ0) is 18.1. The molecular weight excluding hydrogens is 335 g/mol. The van der Waals surface area contributed by atoms with Crippen molar-refractivity contribution in [2.75, 3.05) is 6.61 Å². The van der Waals surface area contributed by atoms with Crippen LogP contribution >= 0.6 is 0 Å². The fourth-order valence-electron chi connectivity index (χ4n) is 2.90. The standard InChI is InChI=1S/C20H17FN2O3/c1-13-10-15(4-7-18(13)21)14-2-5-16(6-3-14)25-12-17-11-23-9-8-19(24)22-20(23)26-17/h2-10,17H,11-12H2,1H3. The SMILES string of the molecule is Cc1cc(-c2ccc(OCC3Cn4ccc(=O)nc4O3)cc2)ccc1F. The highest BCUT2D eigenvalue weighted by Crippen LogP contribution is 2.25. The monoisotopic (exact) mass is 352 g/mol. The predicted molar refractivity (Wildman–Crippen MR) is 95.0 cm³/mol. The molecule has 5 nitrogen and oxygen atoms in total. The van der Waals surface area contributed by atoms with Crippen LogP contribution < -0.4 is 15.0 Å². The first kappa shape index (κ1) is 16.3. The average molecular weight is 352 g/mol. The fourth-order valence-corrected chi connectivity index (χ4v) is 2.90. The molecule has 1 aliphatic heterocycles. The molecule has 26 heavy (non-hydrogen) atoms. The lowest BCUT2D eigenvalue weighted by molar-refractivity contribution is 0.143. The molecule has 4 rings (SSSR count). The quantitative estimate of drug-likeness (QED) is 0.724. The lowest BCUT2D eigenvalue weighted by Crippen LogP contribution is -2.23. The Bertz CT molecular complexity index is 999. The van der Waals surface area contributed by atoms with E-state index in [2.05, 4.69) is 4.98 Å². The van der Waals surface area contributed by atoms with Crippen LogP contribution in [0.4, 0.5) is 4.39 Å². The van der Waals surface area contributed by atoms with E-state index in [4.69, 9.17) is 9.47 Å². The highest BCUT2D eigenvalue weighted by molar-refractivity contribution is 5.64. The summed E-state index contributed by atoms with van der Waals surface area (Å²) in [7, 11) is 0. The number of hydrogen-bond donors (Lipinski definition) is 0. The average Bonchev–Trinajstić information content (AvgIpc) is 3.05. The second-order valence-electron chi connectivity index (χ2n) is 6.24. The Morgan fingerprint density at radius 1 is 1.19 bits per heavy atom. The maximum absolute atomic E-state index is 13.4. The first-order valence-electron chi connectivity index (χ1n) is 8.32. The van der Waals surface area contributed by atoms with Crippen molar-refractivity contribution in [3.63, 3.8) is 0 Å². The number of aromatic nitrogens is 2. The molecule has 1 unspecified atom stereocenters. The van der Waals surface area contributed by atoms with E-state index in [0.29, 0.717) is 24.7 Å². The number of halogens is 1. The summed E-state index contributed by atoms with van der Waals surface area (Å²) in [4.78, 5) is 15.1. The second kappa shape index (κ2) is 6.63. The number of nitrogens with zero attached hydrogens (tertiary/aromatic N) is 2. The van der Waals surface area contributed by atoms with Gasteiger partial charge in [0, 0.05) is 12.3 Å². The lowest BCUT2D eigenvalue weighted by Gasteiger charge is -2.11. The van der Waals surface area contributed by atoms with Crippen LogP contribution in [0.3, 0.4) is 0 Å². The van der Waals surface area contributed by atoms with Crippen LogP contribution in [0.1, 0.15) is 5.56 Å². The summed E-state index contributed by atoms with van der Waals surface area (Å²) in [5, 5.41) is 0. The van der Waals surface area contributed by atoms with Crippen LogP contribution in [0.2, 0.25) is 0 Å². The zero-order valence-corrected chi connectivity index (χ0v) is 14.2. The van der Waals surface area contributed by atoms with Gasteiger partial charge in [-0.2, -0.15) is 4.98 Å². The molecule has 1 aliphatic rings. The van der Waals surface area contributed by atoms with E-state index in [1.165, 1.54) is 12.1 Å². The lowest BCUT2D eigenvalue weighted by atomic mass is 10.0. The van der Waals surface area contributed by atoms with Crippen LogP contribution in [-0.4, -0.2) is 22.3 Å². The van der Waals surface area contributed by atoms with Gasteiger partial charge in [0.25, 0.3) is 11.6 Å². The van der Waals surface area contributed by atoms with Crippen molar-refractivity contribution in [2.45, 2.75) is 19.6 Å². The van der Waals surface area contributed by atoms with Gasteiger partial charge in [0.15, 0.2) is 6.10 Å². The van der Waals surface area contributed by atoms with E-state index in [1.807, 2.05) is 30.3 Å². The molecule has 2 heterocycles. The van der Waals surface area contributed by atoms with Gasteiger partial charge in [-0.1, -0.05) is 18.2 Å². The molecule has 3 aromatic rings. The molecule has 0 bridgehead atoms. The number of benzene rings is 2. The Kier molecular flexibility index (Phi) is 4.16. The molecular formula is C20H17FN2O3. The van der Waals surface area contributed by atoms with Crippen LogP contribution in [0.15, 0.2) is 59.5 Å². The third-order valence-corrected chi connectivity index (χ3v) is 4.30. The highest BCUT2D eigenvalue weighted by atomic mass is 19.1. The summed E-state index contributed by atoms with van der Waals surface area (Å²) in [6, 6.07) is 14.4. The Labute approximate surface area is 149 Å². The highest BCUT2D eigenvalue weighted by Gasteiger charge is 2.23. The molecule has 0 N–H and O–H groups in total. The summed E-state index contributed by atoms with van der Waals surface area (Å²) in [6.07, 6.45) is 1.48. The molecule has 0 fully saturated rings. The van der Waals surface area contributed by atoms with Crippen LogP contribution in [0.5, 0.6) is 11.8 Å². The fraction of sp³-hybridized carbons (Fsp3) is 0.200. The van der Waals surface area contributed by atoms with Crippen LogP contribution in [0, 0.1) is 12.7 Å². The van der Waals surface area contributed by atoms with E-state index in [-0.39, 0.29) is 17.5 Å². The number of ether oxygens (including phenoxy) is 2. The van der Waals surface area contributed by atoms with Crippen molar-refractivity contribution in [2.24, 2.45) is 0 Å². The Balaban J connectivity index is 1.39. The summed E-state index contributed by atoms with van der Waals surface area (Å²) in [6.45, 7) is 2.70. The summed E-state index contributed by atoms with van der Waals surface area (Å²) >= 11 is 0. The molecule has 1 aromatic heterocycles. The van der Waals surface area contributed by atoms with E-state index in [9.17, 15) is 9.18 Å². The van der Waals surface area contributed by atoms with E-state index in [0.717, 1.165) is 16.9 Å². The number of aryl methyl sites for hydroxylation is 1. The second-order valence-corrected chi connectivity index (χ2v) is 6.24. The van der Waals surface area contributed by atoms with Gasteiger partial charge in [0.1, 0.15) is 18.2 Å². The minimum absolute atomic E-state index is 0.191. The first-order chi connectivity index (χ1) is 12.6. The third-order valence-electron chi connectivity index (χ3n) is 4.30. The Morgan fingerprint density at radius 2 is 1.96 bits per heavy atom. The van der Waals surface area contributed by atoms with Gasteiger partial charge in [-0.15, -0.1) is 0 Å². The van der Waals surface area contributed by atoms with Gasteiger partial charge in [0.05, 0.1) is 6.54 Å². The molecule has 0 aliphatic carbocycles. The maximum atomic E-state index is 13.4. The van der Waals surface area contributed by atoms with Gasteiger partial charge in [-0.3, -0.25) is 9.36 Å². The number of hydrogen-bond acceptors (Lipinski definition) is 4. The zero-order valence-electron chi connectivity index (χ0n) is 14.2. The van der Waals surface area contributed by atoms with Crippen LogP contribution in [0.25, 0.3) is 11.1 Å². The molecule has 2 aromatic carbocycles. The van der Waals surface area contributed by atoms with Crippen LogP contribution in [-0.2, 0) is 6.54 Å². The molecule has 1 atom stereocenters. The molecule has 0 saturated carbocycles. The summed E-state index contributed by atoms with van der Waals surface area (Å²) in [5.41, 5.74) is 2.26. The predicted octanol–water partition coefficient (Wildman–Crippen LogP) is 3.20. The van der Waals surface area contributed by atoms with Gasteiger partial charge in [-0.05, 0) is 47.9 Å². The normalized spacial score (nSPS) is 15.4. The molecule has 0 amide bonds. The molecule has 0 saturated heterocycles. The summed E-state index contributed by atoms with van der Waals surface area (Å²) < 4.78 is 26.6. The van der Waals surface area contributed by atoms with Crippen molar-refractivity contribution in [1.29, 1.82) is 0 Å². The maximum Gasteiger partial charge on any atom is 0.300 e. The molecule has 0 spiro atoms. The first-order valence-corrected chi connectivity index (χ1v) is 8.32. The minimum Gasteiger partial charge on any atom is -0.490 e. The van der Waals surface area contributed by atoms with Crippen molar-refractivity contribution in [3.8, 4) is 22.9 Å². The smallest absolute Gasteiger partial charge is 0.300 e. The van der Waals surface area contributed by atoms with Crippen molar-refractivity contribution < 1.29 is 13.9 Å². The van der Waals surface area contributed by atoms with E-state index in [1.54, 1.807) is 23.8 Å². The van der Waals surface area contributed by atoms with E-state index >= 15 is 0 Å². The third kappa shape index (κ3) is 3.31. The number of rotatable bonds is 4. The molecule has 6 heteroatoms. The van der Waals surface area contributed by atoms with Crippen molar-refractivity contribution in [3.05, 3.63) is 76.5 Å². The Morgan fingerprint density at radius 3 is 2.73 bits per heavy atom. The summed E-state index contributed by atoms with van der Waals surface area (Å²) in [5.74, 6) is 0.511.